The molecule has 1 fully saturated rings. The Balaban J connectivity index is 1.89. The third-order valence-electron chi connectivity index (χ3n) is 5.97. The van der Waals surface area contributed by atoms with E-state index in [1.165, 1.54) is 11.8 Å². The van der Waals surface area contributed by atoms with Crippen LogP contribution >= 0.6 is 0 Å². The maximum atomic E-state index is 13.3. The molecule has 6 heteroatoms. The first kappa shape index (κ1) is 22.1. The molecule has 0 unspecified atom stereocenters. The number of imide groups is 1. The number of likely N-dealkylation sites (tertiary alicyclic amines) is 1. The molecular weight excluding hydrogens is 378 g/mol. The van der Waals surface area contributed by atoms with Gasteiger partial charge in [-0.25, -0.2) is 0 Å². The Morgan fingerprint density at radius 3 is 2.30 bits per heavy atom. The number of nitrogens with one attached hydrogen (secondary N) is 1. The van der Waals surface area contributed by atoms with Crippen LogP contribution in [0.1, 0.15) is 64.9 Å². The fraction of sp³-hybridized carbons (Fsp3) is 0.542. The number of carbonyl (C=O) groups excluding carboxylic acids is 3. The van der Waals surface area contributed by atoms with Crippen LogP contribution in [0.4, 0.5) is 5.69 Å². The van der Waals surface area contributed by atoms with Crippen molar-refractivity contribution in [2.45, 2.75) is 59.3 Å². The highest BCUT2D eigenvalue weighted by atomic mass is 16.2. The molecule has 1 aromatic rings. The van der Waals surface area contributed by atoms with E-state index in [4.69, 9.17) is 0 Å². The van der Waals surface area contributed by atoms with Crippen molar-refractivity contribution in [2.24, 2.45) is 5.92 Å². The molecular formula is C24H33N3O3. The molecule has 3 rings (SSSR count). The largest absolute Gasteiger partial charge is 0.366 e. The summed E-state index contributed by atoms with van der Waals surface area (Å²) in [6.07, 6.45) is 6.13. The van der Waals surface area contributed by atoms with Gasteiger partial charge in [0.05, 0.1) is 5.57 Å². The first-order valence-electron chi connectivity index (χ1n) is 11.2. The third kappa shape index (κ3) is 4.91. The fourth-order valence-corrected chi connectivity index (χ4v) is 4.17. The molecule has 2 aliphatic rings. The summed E-state index contributed by atoms with van der Waals surface area (Å²) in [5.74, 6) is 0.138. The minimum absolute atomic E-state index is 0.143. The molecule has 0 bridgehead atoms. The molecule has 0 spiro atoms. The second-order valence-corrected chi connectivity index (χ2v) is 8.47. The molecule has 2 aliphatic heterocycles. The van der Waals surface area contributed by atoms with E-state index in [1.54, 1.807) is 12.1 Å². The van der Waals surface area contributed by atoms with E-state index in [-0.39, 0.29) is 17.7 Å². The van der Waals surface area contributed by atoms with E-state index in [9.17, 15) is 14.4 Å². The van der Waals surface area contributed by atoms with Gasteiger partial charge in [-0.15, -0.1) is 0 Å². The van der Waals surface area contributed by atoms with Gasteiger partial charge in [-0.3, -0.25) is 19.3 Å². The third-order valence-corrected chi connectivity index (χ3v) is 5.97. The molecule has 30 heavy (non-hydrogen) atoms. The number of unbranched alkanes of at least 4 members (excludes halogenated alkanes) is 3. The summed E-state index contributed by atoms with van der Waals surface area (Å²) >= 11 is 0. The van der Waals surface area contributed by atoms with Gasteiger partial charge in [0, 0.05) is 32.2 Å². The number of benzene rings is 1. The lowest BCUT2D eigenvalue weighted by atomic mass is 9.97. The Bertz CT molecular complexity index is 821. The minimum Gasteiger partial charge on any atom is -0.366 e. The van der Waals surface area contributed by atoms with Gasteiger partial charge in [0.2, 0.25) is 5.91 Å². The number of amides is 3. The first-order chi connectivity index (χ1) is 14.4. The SMILES string of the molecule is CCCCCCN1C(=O)C(c2ccc(NC(C)=O)cc2)=C(N2CCC(C)CC2)C1=O. The van der Waals surface area contributed by atoms with Gasteiger partial charge in [0.15, 0.2) is 0 Å². The number of anilines is 1. The van der Waals surface area contributed by atoms with Crippen molar-refractivity contribution in [2.75, 3.05) is 25.0 Å². The highest BCUT2D eigenvalue weighted by molar-refractivity contribution is 6.35. The number of carbonyl (C=O) groups is 3. The zero-order valence-electron chi connectivity index (χ0n) is 18.4. The molecule has 1 saturated heterocycles. The van der Waals surface area contributed by atoms with Crippen molar-refractivity contribution in [3.8, 4) is 0 Å². The van der Waals surface area contributed by atoms with Gasteiger partial charge in [0.1, 0.15) is 5.70 Å². The van der Waals surface area contributed by atoms with E-state index in [0.717, 1.165) is 57.2 Å². The first-order valence-corrected chi connectivity index (χ1v) is 11.2. The maximum Gasteiger partial charge on any atom is 0.277 e. The van der Waals surface area contributed by atoms with Gasteiger partial charge in [-0.1, -0.05) is 45.2 Å². The summed E-state index contributed by atoms with van der Waals surface area (Å²) in [5, 5.41) is 2.74. The van der Waals surface area contributed by atoms with E-state index in [2.05, 4.69) is 24.1 Å². The molecule has 0 atom stereocenters. The summed E-state index contributed by atoms with van der Waals surface area (Å²) in [4.78, 5) is 41.4. The molecule has 0 saturated carbocycles. The molecule has 162 valence electrons. The van der Waals surface area contributed by atoms with Crippen LogP contribution < -0.4 is 5.32 Å². The molecule has 0 radical (unpaired) electrons. The van der Waals surface area contributed by atoms with E-state index < -0.39 is 0 Å². The highest BCUT2D eigenvalue weighted by Crippen LogP contribution is 2.34. The second-order valence-electron chi connectivity index (χ2n) is 8.47. The van der Waals surface area contributed by atoms with Crippen LogP contribution in [0.5, 0.6) is 0 Å². The molecule has 1 aromatic carbocycles. The van der Waals surface area contributed by atoms with Crippen molar-refractivity contribution >= 4 is 29.0 Å². The lowest BCUT2D eigenvalue weighted by molar-refractivity contribution is -0.137. The maximum absolute atomic E-state index is 13.3. The van der Waals surface area contributed by atoms with Crippen LogP contribution in [0, 0.1) is 5.92 Å². The lowest BCUT2D eigenvalue weighted by Crippen LogP contribution is -2.38. The van der Waals surface area contributed by atoms with Crippen molar-refractivity contribution in [3.05, 3.63) is 35.5 Å². The average Bonchev–Trinajstić information content (AvgIpc) is 2.96. The topological polar surface area (TPSA) is 69.7 Å². The predicted molar refractivity (Wildman–Crippen MR) is 118 cm³/mol. The van der Waals surface area contributed by atoms with Crippen LogP contribution in [0.25, 0.3) is 5.57 Å². The summed E-state index contributed by atoms with van der Waals surface area (Å²) < 4.78 is 0. The lowest BCUT2D eigenvalue weighted by Gasteiger charge is -2.32. The summed E-state index contributed by atoms with van der Waals surface area (Å²) in [6.45, 7) is 7.90. The zero-order valence-corrected chi connectivity index (χ0v) is 18.4. The Hall–Kier alpha value is -2.63. The van der Waals surface area contributed by atoms with Crippen LogP contribution in [0.3, 0.4) is 0 Å². The molecule has 3 amide bonds. The Morgan fingerprint density at radius 1 is 1.03 bits per heavy atom. The van der Waals surface area contributed by atoms with Crippen molar-refractivity contribution in [1.82, 2.24) is 9.80 Å². The van der Waals surface area contributed by atoms with Gasteiger partial charge in [-0.05, 0) is 42.9 Å². The summed E-state index contributed by atoms with van der Waals surface area (Å²) in [6, 6.07) is 7.19. The number of rotatable bonds is 8. The van der Waals surface area contributed by atoms with Crippen LogP contribution in [0.15, 0.2) is 30.0 Å². The average molecular weight is 412 g/mol. The fourth-order valence-electron chi connectivity index (χ4n) is 4.17. The van der Waals surface area contributed by atoms with Gasteiger partial charge in [-0.2, -0.15) is 0 Å². The Kier molecular flexibility index (Phi) is 7.29. The summed E-state index contributed by atoms with van der Waals surface area (Å²) in [5.41, 5.74) is 2.45. The van der Waals surface area contributed by atoms with Crippen LogP contribution in [-0.4, -0.2) is 47.2 Å². The summed E-state index contributed by atoms with van der Waals surface area (Å²) in [7, 11) is 0. The highest BCUT2D eigenvalue weighted by Gasteiger charge is 2.41. The molecule has 1 N–H and O–H groups in total. The molecule has 0 aromatic heterocycles. The van der Waals surface area contributed by atoms with Crippen molar-refractivity contribution in [1.29, 1.82) is 0 Å². The van der Waals surface area contributed by atoms with E-state index in [0.29, 0.717) is 29.4 Å². The number of nitrogens with zero attached hydrogens (tertiary/aromatic N) is 2. The van der Waals surface area contributed by atoms with Crippen molar-refractivity contribution in [3.63, 3.8) is 0 Å². The normalized spacial score (nSPS) is 17.8. The van der Waals surface area contributed by atoms with Gasteiger partial charge >= 0.3 is 0 Å². The molecule has 2 heterocycles. The Morgan fingerprint density at radius 2 is 1.70 bits per heavy atom. The standard InChI is InChI=1S/C24H33N3O3/c1-4-5-6-7-14-27-23(29)21(19-8-10-20(11-9-19)25-18(3)28)22(24(27)30)26-15-12-17(2)13-16-26/h8-11,17H,4-7,12-16H2,1-3H3,(H,25,28). The van der Waals surface area contributed by atoms with Crippen LogP contribution in [-0.2, 0) is 14.4 Å². The number of hydrogen-bond acceptors (Lipinski definition) is 4. The predicted octanol–water partition coefficient (Wildman–Crippen LogP) is 4.04. The Labute approximate surface area is 179 Å². The van der Waals surface area contributed by atoms with E-state index >= 15 is 0 Å². The quantitative estimate of drug-likeness (QED) is 0.518. The smallest absolute Gasteiger partial charge is 0.277 e. The minimum atomic E-state index is -0.197. The monoisotopic (exact) mass is 411 g/mol. The molecule has 6 nitrogen and oxygen atoms in total. The van der Waals surface area contributed by atoms with Gasteiger partial charge in [0.25, 0.3) is 11.8 Å². The zero-order chi connectivity index (χ0) is 21.7. The van der Waals surface area contributed by atoms with E-state index in [1.807, 2.05) is 12.1 Å². The number of hydrogen-bond donors (Lipinski definition) is 1. The van der Waals surface area contributed by atoms with Gasteiger partial charge < -0.3 is 10.2 Å². The van der Waals surface area contributed by atoms with Crippen molar-refractivity contribution < 1.29 is 14.4 Å². The van der Waals surface area contributed by atoms with Crippen LogP contribution in [0.2, 0.25) is 0 Å². The second kappa shape index (κ2) is 9.92. The molecule has 0 aliphatic carbocycles. The number of piperidine rings is 1.